The number of amides is 15. The van der Waals surface area contributed by atoms with Gasteiger partial charge in [0, 0.05) is 12.8 Å². The van der Waals surface area contributed by atoms with Crippen LogP contribution in [0.3, 0.4) is 0 Å². The van der Waals surface area contributed by atoms with E-state index in [4.69, 9.17) is 40.1 Å². The van der Waals surface area contributed by atoms with Gasteiger partial charge in [-0.2, -0.15) is 0 Å². The molecule has 0 spiro atoms. The highest BCUT2D eigenvalue weighted by molar-refractivity contribution is 6.00. The molecule has 0 aliphatic carbocycles. The lowest BCUT2D eigenvalue weighted by atomic mass is 9.97. The van der Waals surface area contributed by atoms with Gasteiger partial charge >= 0.3 is 5.97 Å². The molecule has 0 aromatic carbocycles. The number of aliphatic carboxylic acids is 1. The van der Waals surface area contributed by atoms with E-state index in [0.29, 0.717) is 57.9 Å². The van der Waals surface area contributed by atoms with Crippen LogP contribution in [-0.4, -0.2) is 222 Å². The van der Waals surface area contributed by atoms with E-state index in [1.165, 1.54) is 20.8 Å². The summed E-state index contributed by atoms with van der Waals surface area (Å²) in [4.78, 5) is 216. The topological polar surface area (TPSA) is 652 Å². The van der Waals surface area contributed by atoms with Gasteiger partial charge in [-0.25, -0.2) is 4.79 Å². The number of nitrogens with two attached hydrogens (primary N) is 7. The number of rotatable bonds is 58. The first-order chi connectivity index (χ1) is 50.8. The number of carbonyl (C=O) groups is 16. The van der Waals surface area contributed by atoms with Gasteiger partial charge in [0.15, 0.2) is 0 Å². The molecule has 29 N–H and O–H groups in total. The number of hydrogen-bond acceptors (Lipinski definition) is 22. The number of primary amides is 2. The van der Waals surface area contributed by atoms with Gasteiger partial charge in [0.05, 0.1) is 12.6 Å². The van der Waals surface area contributed by atoms with Crippen molar-refractivity contribution in [1.82, 2.24) is 69.1 Å². The van der Waals surface area contributed by atoms with Crippen LogP contribution < -0.4 is 109 Å². The first-order valence-electron chi connectivity index (χ1n) is 37.7. The number of aliphatic hydroxyl groups is 1. The third-order valence-corrected chi connectivity index (χ3v) is 18.0. The monoisotopic (exact) mass is 1540 g/mol. The summed E-state index contributed by atoms with van der Waals surface area (Å²) in [5, 5.41) is 53.3. The summed E-state index contributed by atoms with van der Waals surface area (Å²) in [5.41, 5.74) is 39.6. The Morgan fingerprint density at radius 2 is 0.565 bits per heavy atom. The molecule has 0 unspecified atom stereocenters. The quantitative estimate of drug-likeness (QED) is 0.0254. The van der Waals surface area contributed by atoms with Crippen LogP contribution in [0.5, 0.6) is 0 Å². The first-order valence-corrected chi connectivity index (χ1v) is 37.7. The maximum absolute atomic E-state index is 14.5. The van der Waals surface area contributed by atoms with Crippen molar-refractivity contribution >= 4 is 94.6 Å². The minimum absolute atomic E-state index is 0.00833. The lowest BCUT2D eigenvalue weighted by molar-refractivity contribution is -0.142. The minimum atomic E-state index is -1.73. The van der Waals surface area contributed by atoms with Crippen molar-refractivity contribution in [2.45, 2.75) is 289 Å². The summed E-state index contributed by atoms with van der Waals surface area (Å²) in [6, 6.07) is -19.1. The Kier molecular flexibility index (Phi) is 49.6. The maximum atomic E-state index is 14.5. The standard InChI is InChI=1S/C70H130N20O18/c1-12-39(7)55(89-60(97)44(75)22-14-18-30-71)68(105)79-41(9)57(94)78-42(10)58(95)86-50(34-37(3)4)65(102)82-45(23-15-19-31-72)61(98)84-48(26-28-53(76)92)63(100)81-47(25-17-21-33-74)64(101)90-56(40(8)13-2)69(106)80-43(11)59(96)88-52(36-91)67(104)87-51(35-38(5)6)66(103)83-46(24-16-20-32-73)62(99)85-49(70(107)108)27-29-54(77)93/h37-52,55-56,91H,12-36,71-75H2,1-11H3,(H2,76,92)(H2,77,93)(H,78,94)(H,79,105)(H,80,106)(H,81,100)(H,82,102)(H,83,103)(H,84,98)(H,85,99)(H,86,95)(H,87,104)(H,88,96)(H,89,97)(H,90,101)(H,107,108)/t39-,40-,41-,42-,43-,44-,45-,46-,47-,48-,49-,50-,51-,52-,55-,56-/m0/s1. The zero-order valence-corrected chi connectivity index (χ0v) is 65.0. The molecule has 0 aromatic rings. The average molecular weight is 1540 g/mol. The zero-order chi connectivity index (χ0) is 82.5. The molecule has 0 saturated carbocycles. The Bertz CT molecular complexity index is 2910. The molecule has 38 nitrogen and oxygen atoms in total. The molecule has 16 atom stereocenters. The Balaban J connectivity index is 6.75. The van der Waals surface area contributed by atoms with Crippen molar-refractivity contribution in [1.29, 1.82) is 0 Å². The van der Waals surface area contributed by atoms with E-state index >= 15 is 0 Å². The maximum Gasteiger partial charge on any atom is 0.326 e. The second kappa shape index (κ2) is 54.0. The SMILES string of the molecule is CC[C@H](C)[C@H](NC(=O)[C@H](CCCCN)NC(=O)[C@H](CCC(N)=O)NC(=O)[C@H](CCCCN)NC(=O)[C@H](CC(C)C)NC(=O)[C@H](C)NC(=O)[C@H](C)NC(=O)[C@@H](NC(=O)[C@@H](N)CCCCN)[C@@H](C)CC)C(=O)N[C@@H](C)C(=O)N[C@@H](CO)C(=O)N[C@@H](CC(C)C)C(=O)N[C@@H](CCCCN)C(=O)N[C@@H](CCC(N)=O)C(=O)O. The summed E-state index contributed by atoms with van der Waals surface area (Å²) in [6.45, 7) is 17.9. The molecule has 0 aliphatic rings. The zero-order valence-electron chi connectivity index (χ0n) is 65.0. The summed E-state index contributed by atoms with van der Waals surface area (Å²) in [5.74, 6) is -15.9. The Morgan fingerprint density at radius 1 is 0.306 bits per heavy atom. The van der Waals surface area contributed by atoms with Crippen LogP contribution in [0.2, 0.25) is 0 Å². The molecule has 108 heavy (non-hydrogen) atoms. The molecule has 0 bridgehead atoms. The highest BCUT2D eigenvalue weighted by Crippen LogP contribution is 2.16. The number of nitrogens with one attached hydrogen (secondary N) is 13. The third-order valence-electron chi connectivity index (χ3n) is 18.0. The summed E-state index contributed by atoms with van der Waals surface area (Å²) >= 11 is 0. The van der Waals surface area contributed by atoms with Crippen LogP contribution in [0.15, 0.2) is 0 Å². The number of hydrogen-bond donors (Lipinski definition) is 22. The van der Waals surface area contributed by atoms with Gasteiger partial charge < -0.3 is 119 Å². The van der Waals surface area contributed by atoms with Crippen molar-refractivity contribution in [2.24, 2.45) is 63.8 Å². The molecule has 0 rings (SSSR count). The van der Waals surface area contributed by atoms with Crippen molar-refractivity contribution in [3.05, 3.63) is 0 Å². The molecule has 618 valence electrons. The van der Waals surface area contributed by atoms with Crippen molar-refractivity contribution in [3.8, 4) is 0 Å². The van der Waals surface area contributed by atoms with Gasteiger partial charge in [-0.3, -0.25) is 71.9 Å². The summed E-state index contributed by atoms with van der Waals surface area (Å²) in [7, 11) is 0. The number of carboxylic acids is 1. The highest BCUT2D eigenvalue weighted by Gasteiger charge is 2.38. The van der Waals surface area contributed by atoms with Gasteiger partial charge in [-0.15, -0.1) is 0 Å². The lowest BCUT2D eigenvalue weighted by Gasteiger charge is -2.29. The van der Waals surface area contributed by atoms with E-state index in [1.807, 2.05) is 6.92 Å². The van der Waals surface area contributed by atoms with Crippen LogP contribution in [-0.2, 0) is 76.7 Å². The van der Waals surface area contributed by atoms with Gasteiger partial charge in [-0.1, -0.05) is 74.7 Å². The van der Waals surface area contributed by atoms with E-state index in [0.717, 1.165) is 0 Å². The Labute approximate surface area is 634 Å². The number of carbonyl (C=O) groups excluding carboxylic acids is 15. The molecule has 0 aromatic heterocycles. The van der Waals surface area contributed by atoms with Crippen LogP contribution in [0.4, 0.5) is 0 Å². The fourth-order valence-electron chi connectivity index (χ4n) is 10.9. The molecule has 0 saturated heterocycles. The molecular weight excluding hydrogens is 1410 g/mol. The highest BCUT2D eigenvalue weighted by atomic mass is 16.4. The molecular formula is C70H130N20O18. The van der Waals surface area contributed by atoms with E-state index in [2.05, 4.69) is 69.1 Å². The predicted molar refractivity (Wildman–Crippen MR) is 401 cm³/mol. The van der Waals surface area contributed by atoms with Crippen LogP contribution in [0, 0.1) is 23.7 Å². The van der Waals surface area contributed by atoms with Crippen molar-refractivity contribution in [3.63, 3.8) is 0 Å². The predicted octanol–water partition coefficient (Wildman–Crippen LogP) is -5.02. The molecule has 0 aliphatic heterocycles. The normalized spacial score (nSPS) is 15.7. The van der Waals surface area contributed by atoms with Gasteiger partial charge in [-0.05, 0) is 167 Å². The smallest absolute Gasteiger partial charge is 0.326 e. The van der Waals surface area contributed by atoms with Gasteiger partial charge in [0.2, 0.25) is 88.6 Å². The molecule has 38 heteroatoms. The molecule has 0 heterocycles. The third kappa shape index (κ3) is 39.4. The molecule has 0 radical (unpaired) electrons. The van der Waals surface area contributed by atoms with E-state index in [1.54, 1.807) is 48.5 Å². The van der Waals surface area contributed by atoms with Crippen molar-refractivity contribution < 1.29 is 86.9 Å². The second-order valence-electron chi connectivity index (χ2n) is 28.5. The summed E-state index contributed by atoms with van der Waals surface area (Å²) in [6.07, 6.45) is 2.64. The fourth-order valence-corrected chi connectivity index (χ4v) is 10.9. The van der Waals surface area contributed by atoms with Crippen LogP contribution in [0.25, 0.3) is 0 Å². The van der Waals surface area contributed by atoms with Crippen molar-refractivity contribution in [2.75, 3.05) is 32.8 Å². The molecule has 0 fully saturated rings. The lowest BCUT2D eigenvalue weighted by Crippen LogP contribution is -2.61. The Morgan fingerprint density at radius 3 is 0.889 bits per heavy atom. The summed E-state index contributed by atoms with van der Waals surface area (Å²) < 4.78 is 0. The largest absolute Gasteiger partial charge is 0.480 e. The van der Waals surface area contributed by atoms with E-state index < -0.39 is 205 Å². The van der Waals surface area contributed by atoms with Gasteiger partial charge in [0.1, 0.15) is 78.5 Å². The Hall–Kier alpha value is -8.72. The van der Waals surface area contributed by atoms with Crippen LogP contribution >= 0.6 is 0 Å². The van der Waals surface area contributed by atoms with Gasteiger partial charge in [0.25, 0.3) is 0 Å². The number of carboxylic acid groups (broad SMARTS) is 1. The second-order valence-corrected chi connectivity index (χ2v) is 28.5. The number of unbranched alkanes of at least 4 members (excludes halogenated alkanes) is 4. The first kappa shape index (κ1) is 99.3. The fraction of sp³-hybridized carbons (Fsp3) is 0.771. The minimum Gasteiger partial charge on any atom is -0.480 e. The number of aliphatic hydroxyl groups excluding tert-OH is 1. The van der Waals surface area contributed by atoms with E-state index in [9.17, 15) is 86.9 Å². The average Bonchev–Trinajstić information content (AvgIpc) is 0.864. The van der Waals surface area contributed by atoms with Crippen LogP contribution in [0.1, 0.15) is 205 Å². The van der Waals surface area contributed by atoms with E-state index in [-0.39, 0.29) is 102 Å². The molecule has 15 amide bonds.